The van der Waals surface area contributed by atoms with Crippen molar-refractivity contribution in [3.8, 4) is 0 Å². The lowest BCUT2D eigenvalue weighted by Crippen LogP contribution is -2.15. The van der Waals surface area contributed by atoms with Crippen molar-refractivity contribution in [2.24, 2.45) is 0 Å². The highest BCUT2D eigenvalue weighted by Gasteiger charge is 2.19. The Morgan fingerprint density at radius 1 is 1.14 bits per heavy atom. The molecule has 0 bridgehead atoms. The van der Waals surface area contributed by atoms with E-state index in [0.717, 1.165) is 30.3 Å². The summed E-state index contributed by atoms with van der Waals surface area (Å²) in [7, 11) is -4.13. The standard InChI is InChI=1S/C14H11F2NO4S/c1-8-2-3-9(15)6-13(8)22(20,21)17-10-4-5-12(16)11(7-10)14(18)19/h2-7,17H,1H3,(H,18,19). The van der Waals surface area contributed by atoms with E-state index in [0.29, 0.717) is 5.56 Å². The summed E-state index contributed by atoms with van der Waals surface area (Å²) >= 11 is 0. The molecule has 0 amide bonds. The molecule has 0 saturated carbocycles. The van der Waals surface area contributed by atoms with Gasteiger partial charge in [-0.05, 0) is 42.8 Å². The van der Waals surface area contributed by atoms with Crippen LogP contribution in [0.1, 0.15) is 15.9 Å². The molecule has 8 heteroatoms. The van der Waals surface area contributed by atoms with Gasteiger partial charge in [-0.2, -0.15) is 0 Å². The second-order valence-electron chi connectivity index (χ2n) is 4.52. The summed E-state index contributed by atoms with van der Waals surface area (Å²) in [5.41, 5.74) is -0.493. The molecule has 0 aromatic heterocycles. The van der Waals surface area contributed by atoms with Crippen LogP contribution in [0.5, 0.6) is 0 Å². The Morgan fingerprint density at radius 3 is 2.45 bits per heavy atom. The summed E-state index contributed by atoms with van der Waals surface area (Å²) in [5.74, 6) is -3.24. The first kappa shape index (κ1) is 15.9. The van der Waals surface area contributed by atoms with Crippen LogP contribution < -0.4 is 4.72 Å². The van der Waals surface area contributed by atoms with Crippen LogP contribution in [0.15, 0.2) is 41.3 Å². The number of carboxylic acids is 1. The van der Waals surface area contributed by atoms with E-state index in [1.54, 1.807) is 0 Å². The molecule has 0 radical (unpaired) electrons. The summed E-state index contributed by atoms with van der Waals surface area (Å²) in [6.07, 6.45) is 0. The maximum Gasteiger partial charge on any atom is 0.338 e. The molecule has 0 atom stereocenters. The van der Waals surface area contributed by atoms with E-state index in [1.807, 2.05) is 0 Å². The number of nitrogens with one attached hydrogen (secondary N) is 1. The second-order valence-corrected chi connectivity index (χ2v) is 6.17. The number of carbonyl (C=O) groups is 1. The fourth-order valence-corrected chi connectivity index (χ4v) is 3.13. The van der Waals surface area contributed by atoms with E-state index in [-0.39, 0.29) is 10.6 Å². The van der Waals surface area contributed by atoms with Gasteiger partial charge in [0.05, 0.1) is 10.5 Å². The Morgan fingerprint density at radius 2 is 1.82 bits per heavy atom. The Bertz CT molecular complexity index is 850. The Balaban J connectivity index is 2.43. The van der Waals surface area contributed by atoms with Gasteiger partial charge < -0.3 is 5.11 Å². The monoisotopic (exact) mass is 327 g/mol. The van der Waals surface area contributed by atoms with Gasteiger partial charge in [-0.25, -0.2) is 22.0 Å². The molecule has 22 heavy (non-hydrogen) atoms. The van der Waals surface area contributed by atoms with E-state index >= 15 is 0 Å². The third-order valence-electron chi connectivity index (χ3n) is 2.89. The van der Waals surface area contributed by atoms with Crippen molar-refractivity contribution in [1.29, 1.82) is 0 Å². The molecule has 0 aliphatic heterocycles. The highest BCUT2D eigenvalue weighted by Crippen LogP contribution is 2.22. The molecule has 2 aromatic carbocycles. The van der Waals surface area contributed by atoms with Crippen molar-refractivity contribution in [3.63, 3.8) is 0 Å². The van der Waals surface area contributed by atoms with Crippen LogP contribution in [0.4, 0.5) is 14.5 Å². The predicted octanol–water partition coefficient (Wildman–Crippen LogP) is 2.77. The zero-order chi connectivity index (χ0) is 16.5. The third-order valence-corrected chi connectivity index (χ3v) is 4.41. The van der Waals surface area contributed by atoms with Crippen molar-refractivity contribution in [3.05, 3.63) is 59.2 Å². The number of benzene rings is 2. The normalized spacial score (nSPS) is 11.2. The van der Waals surface area contributed by atoms with E-state index in [9.17, 15) is 22.0 Å². The lowest BCUT2D eigenvalue weighted by molar-refractivity contribution is 0.0692. The summed E-state index contributed by atoms with van der Waals surface area (Å²) in [5, 5.41) is 8.82. The van der Waals surface area contributed by atoms with Crippen LogP contribution in [0.3, 0.4) is 0 Å². The lowest BCUT2D eigenvalue weighted by Gasteiger charge is -2.11. The molecule has 116 valence electrons. The van der Waals surface area contributed by atoms with Gasteiger partial charge in [-0.1, -0.05) is 6.07 Å². The zero-order valence-electron chi connectivity index (χ0n) is 11.3. The van der Waals surface area contributed by atoms with Gasteiger partial charge in [0.1, 0.15) is 11.6 Å². The number of aromatic carboxylic acids is 1. The van der Waals surface area contributed by atoms with Gasteiger partial charge in [-0.3, -0.25) is 4.72 Å². The van der Waals surface area contributed by atoms with E-state index in [4.69, 9.17) is 5.11 Å². The average Bonchev–Trinajstić information content (AvgIpc) is 2.43. The van der Waals surface area contributed by atoms with Crippen molar-refractivity contribution in [2.45, 2.75) is 11.8 Å². The smallest absolute Gasteiger partial charge is 0.338 e. The molecule has 0 unspecified atom stereocenters. The number of hydrogen-bond acceptors (Lipinski definition) is 3. The van der Waals surface area contributed by atoms with Crippen molar-refractivity contribution in [2.75, 3.05) is 4.72 Å². The summed E-state index contributed by atoms with van der Waals surface area (Å²) in [4.78, 5) is 10.6. The maximum atomic E-state index is 13.3. The quantitative estimate of drug-likeness (QED) is 0.904. The van der Waals surface area contributed by atoms with Crippen molar-refractivity contribution in [1.82, 2.24) is 0 Å². The van der Waals surface area contributed by atoms with Crippen LogP contribution in [0.2, 0.25) is 0 Å². The third kappa shape index (κ3) is 3.22. The van der Waals surface area contributed by atoms with Crippen molar-refractivity contribution >= 4 is 21.7 Å². The van der Waals surface area contributed by atoms with Crippen LogP contribution in [0, 0.1) is 18.6 Å². The number of rotatable bonds is 4. The number of hydrogen-bond donors (Lipinski definition) is 2. The van der Waals surface area contributed by atoms with Gasteiger partial charge >= 0.3 is 5.97 Å². The topological polar surface area (TPSA) is 83.5 Å². The molecule has 2 aromatic rings. The largest absolute Gasteiger partial charge is 0.478 e. The van der Waals surface area contributed by atoms with Gasteiger partial charge in [0, 0.05) is 5.69 Å². The first-order valence-electron chi connectivity index (χ1n) is 6.02. The van der Waals surface area contributed by atoms with Gasteiger partial charge in [0.2, 0.25) is 0 Å². The molecule has 0 aliphatic rings. The number of halogens is 2. The number of anilines is 1. The fourth-order valence-electron chi connectivity index (χ4n) is 1.83. The molecule has 0 heterocycles. The minimum Gasteiger partial charge on any atom is -0.478 e. The van der Waals surface area contributed by atoms with E-state index in [1.165, 1.54) is 13.0 Å². The molecule has 0 spiro atoms. The highest BCUT2D eigenvalue weighted by atomic mass is 32.2. The Kier molecular flexibility index (Phi) is 4.14. The van der Waals surface area contributed by atoms with Crippen molar-refractivity contribution < 1.29 is 27.1 Å². The van der Waals surface area contributed by atoms with E-state index < -0.39 is 33.2 Å². The van der Waals surface area contributed by atoms with Crippen LogP contribution in [0.25, 0.3) is 0 Å². The number of aryl methyl sites for hydroxylation is 1. The SMILES string of the molecule is Cc1ccc(F)cc1S(=O)(=O)Nc1ccc(F)c(C(=O)O)c1. The predicted molar refractivity (Wildman–Crippen MR) is 75.3 cm³/mol. The van der Waals surface area contributed by atoms with Gasteiger partial charge in [-0.15, -0.1) is 0 Å². The molecular weight excluding hydrogens is 316 g/mol. The Labute approximate surface area is 125 Å². The molecule has 0 fully saturated rings. The highest BCUT2D eigenvalue weighted by molar-refractivity contribution is 7.92. The summed E-state index contributed by atoms with van der Waals surface area (Å²) < 4.78 is 53.0. The molecule has 5 nitrogen and oxygen atoms in total. The summed E-state index contributed by atoms with van der Waals surface area (Å²) in [6.45, 7) is 1.49. The number of sulfonamides is 1. The maximum absolute atomic E-state index is 13.3. The first-order chi connectivity index (χ1) is 10.2. The summed E-state index contributed by atoms with van der Waals surface area (Å²) in [6, 6.07) is 6.03. The van der Waals surface area contributed by atoms with Crippen LogP contribution in [-0.4, -0.2) is 19.5 Å². The molecule has 0 saturated heterocycles. The van der Waals surface area contributed by atoms with Crippen LogP contribution in [-0.2, 0) is 10.0 Å². The second kappa shape index (κ2) is 5.72. The lowest BCUT2D eigenvalue weighted by atomic mass is 10.2. The van der Waals surface area contributed by atoms with E-state index in [2.05, 4.69) is 4.72 Å². The minimum atomic E-state index is -4.13. The van der Waals surface area contributed by atoms with Gasteiger partial charge in [0.25, 0.3) is 10.0 Å². The minimum absolute atomic E-state index is 0.137. The molecular formula is C14H11F2NO4S. The van der Waals surface area contributed by atoms with Crippen LogP contribution >= 0.6 is 0 Å². The average molecular weight is 327 g/mol. The van der Waals surface area contributed by atoms with Gasteiger partial charge in [0.15, 0.2) is 0 Å². The Hall–Kier alpha value is -2.48. The number of carboxylic acid groups (broad SMARTS) is 1. The molecule has 2 rings (SSSR count). The zero-order valence-corrected chi connectivity index (χ0v) is 12.1. The molecule has 0 aliphatic carbocycles. The fraction of sp³-hybridized carbons (Fsp3) is 0.0714. The molecule has 2 N–H and O–H groups in total. The first-order valence-corrected chi connectivity index (χ1v) is 7.51.